The van der Waals surface area contributed by atoms with Crippen LogP contribution in [0.4, 0.5) is 4.79 Å². The van der Waals surface area contributed by atoms with Crippen molar-refractivity contribution in [1.29, 1.82) is 0 Å². The predicted octanol–water partition coefficient (Wildman–Crippen LogP) is 3.91. The number of nitrogens with zero attached hydrogens (tertiary/aromatic N) is 1. The highest BCUT2D eigenvalue weighted by Gasteiger charge is 2.70. The van der Waals surface area contributed by atoms with E-state index in [2.05, 4.69) is 35.1 Å². The second-order valence-electron chi connectivity index (χ2n) is 17.7. The number of sulfone groups is 1. The third kappa shape index (κ3) is 7.70. The number of ketones is 1. The zero-order chi connectivity index (χ0) is 36.8. The largest absolute Gasteiger partial charge is 0.347 e. The molecule has 13 heteroatoms. The molecule has 2 aliphatic heterocycles. The molecule has 0 aromatic heterocycles. The van der Waals surface area contributed by atoms with E-state index in [9.17, 15) is 32.4 Å². The topological polar surface area (TPSA) is 171 Å². The maximum absolute atomic E-state index is 14.9. The zero-order valence-electron chi connectivity index (χ0n) is 31.2. The molecule has 0 aromatic carbocycles. The van der Waals surface area contributed by atoms with Crippen LogP contribution in [0.2, 0.25) is 0 Å². The van der Waals surface area contributed by atoms with E-state index in [1.807, 2.05) is 13.8 Å². The van der Waals surface area contributed by atoms with Gasteiger partial charge in [-0.05, 0) is 80.5 Å². The Labute approximate surface area is 304 Å². The van der Waals surface area contributed by atoms with E-state index in [1.54, 1.807) is 4.90 Å². The number of hydrogen-bond acceptors (Lipinski definition) is 7. The van der Waals surface area contributed by atoms with Crippen molar-refractivity contribution >= 4 is 39.4 Å². The van der Waals surface area contributed by atoms with Crippen molar-refractivity contribution in [3.63, 3.8) is 0 Å². The molecule has 6 rings (SSSR count). The predicted molar refractivity (Wildman–Crippen MR) is 193 cm³/mol. The van der Waals surface area contributed by atoms with Crippen LogP contribution in [0, 0.1) is 22.7 Å². The third-order valence-electron chi connectivity index (χ3n) is 13.6. The fourth-order valence-electron chi connectivity index (χ4n) is 10.3. The maximum Gasteiger partial charge on any atom is 0.315 e. The molecule has 6 atom stereocenters. The number of Topliss-reactive ketones (excluding diaryl/α,β-unsaturated/α-hetero) is 1. The Hall–Kier alpha value is -2.70. The first-order valence-corrected chi connectivity index (χ1v) is 21.6. The van der Waals surface area contributed by atoms with Gasteiger partial charge in [-0.3, -0.25) is 19.2 Å². The number of carbonyl (C=O) groups excluding carboxylic acids is 5. The van der Waals surface area contributed by atoms with E-state index in [0.717, 1.165) is 70.6 Å². The molecular formula is C38H61N5O7S. The molecular weight excluding hydrogens is 671 g/mol. The molecule has 286 valence electrons. The highest BCUT2D eigenvalue weighted by Crippen LogP contribution is 2.65. The summed E-state index contributed by atoms with van der Waals surface area (Å²) in [4.78, 5) is 70.9. The lowest BCUT2D eigenvalue weighted by atomic mass is 9.70. The number of carbonyl (C=O) groups is 5. The number of amides is 5. The molecule has 5 amide bonds. The average Bonchev–Trinajstić information content (AvgIpc) is 3.94. The molecule has 12 nitrogen and oxygen atoms in total. The van der Waals surface area contributed by atoms with Crippen molar-refractivity contribution in [1.82, 2.24) is 26.2 Å². The molecule has 4 N–H and O–H groups in total. The van der Waals surface area contributed by atoms with E-state index in [0.29, 0.717) is 45.1 Å². The van der Waals surface area contributed by atoms with Crippen LogP contribution in [0.3, 0.4) is 0 Å². The second kappa shape index (κ2) is 14.6. The van der Waals surface area contributed by atoms with Gasteiger partial charge in [0.15, 0.2) is 9.84 Å². The van der Waals surface area contributed by atoms with Crippen LogP contribution in [-0.4, -0.2) is 90.1 Å². The Morgan fingerprint density at radius 1 is 0.824 bits per heavy atom. The third-order valence-corrected chi connectivity index (χ3v) is 16.0. The van der Waals surface area contributed by atoms with Crippen molar-refractivity contribution in [2.24, 2.45) is 22.7 Å². The highest BCUT2D eigenvalue weighted by molar-refractivity contribution is 7.92. The van der Waals surface area contributed by atoms with Gasteiger partial charge >= 0.3 is 6.03 Å². The highest BCUT2D eigenvalue weighted by atomic mass is 32.2. The van der Waals surface area contributed by atoms with Crippen LogP contribution in [0.1, 0.15) is 137 Å². The zero-order valence-corrected chi connectivity index (χ0v) is 32.0. The van der Waals surface area contributed by atoms with E-state index < -0.39 is 67.8 Å². The van der Waals surface area contributed by atoms with Gasteiger partial charge in [-0.15, -0.1) is 0 Å². The number of piperidine rings is 1. The van der Waals surface area contributed by atoms with Gasteiger partial charge in [0.2, 0.25) is 17.6 Å². The molecule has 2 saturated heterocycles. The van der Waals surface area contributed by atoms with Crippen LogP contribution >= 0.6 is 0 Å². The minimum atomic E-state index is -3.39. The Kier molecular flexibility index (Phi) is 10.9. The van der Waals surface area contributed by atoms with Gasteiger partial charge in [-0.25, -0.2) is 13.2 Å². The van der Waals surface area contributed by atoms with Gasteiger partial charge in [0.1, 0.15) is 12.1 Å². The molecule has 51 heavy (non-hydrogen) atoms. The standard InChI is InChI=1S/C38H61N5O7S/c1-5-14-26(30(44)33(46)39-24-16-17-24)40-32(45)29-28-25(36(28,2)3)23-43(29)34(47)31(37(4)18-9-6-10-19-37)41-35(48)42-38(20-11-7-12-21-38)27-15-8-13-22-51(27,49)50/h24-29,31H,5-23H2,1-4H3,(H,39,46)(H,40,45)(H2,41,42,48)/t25-,26-,27?,28-,29-,31+/m0/s1. The van der Waals surface area contributed by atoms with E-state index in [1.165, 1.54) is 0 Å². The summed E-state index contributed by atoms with van der Waals surface area (Å²) in [5.41, 5.74) is -1.62. The van der Waals surface area contributed by atoms with Crippen LogP contribution in [-0.2, 0) is 29.0 Å². The molecule has 6 aliphatic rings. The van der Waals surface area contributed by atoms with Gasteiger partial charge in [0, 0.05) is 12.6 Å². The van der Waals surface area contributed by atoms with Gasteiger partial charge < -0.3 is 26.2 Å². The fraction of sp³-hybridized carbons (Fsp3) is 0.868. The maximum atomic E-state index is 14.9. The molecule has 4 aliphatic carbocycles. The minimum Gasteiger partial charge on any atom is -0.347 e. The lowest BCUT2D eigenvalue weighted by Crippen LogP contribution is -2.66. The van der Waals surface area contributed by atoms with E-state index in [-0.39, 0.29) is 35.0 Å². The Balaban J connectivity index is 1.24. The molecule has 0 aromatic rings. The summed E-state index contributed by atoms with van der Waals surface area (Å²) in [7, 11) is -3.39. The number of rotatable bonds is 12. The van der Waals surface area contributed by atoms with Crippen LogP contribution in [0.25, 0.3) is 0 Å². The van der Waals surface area contributed by atoms with Crippen molar-refractivity contribution in [2.75, 3.05) is 12.3 Å². The monoisotopic (exact) mass is 731 g/mol. The first kappa shape index (κ1) is 38.0. The quantitative estimate of drug-likeness (QED) is 0.221. The molecule has 0 radical (unpaired) electrons. The van der Waals surface area contributed by atoms with E-state index in [4.69, 9.17) is 0 Å². The molecule has 1 unspecified atom stereocenters. The van der Waals surface area contributed by atoms with Crippen LogP contribution in [0.5, 0.6) is 0 Å². The normalized spacial score (nSPS) is 31.3. The van der Waals surface area contributed by atoms with Crippen molar-refractivity contribution < 1.29 is 32.4 Å². The van der Waals surface area contributed by atoms with Gasteiger partial charge in [-0.1, -0.05) is 79.1 Å². The molecule has 0 bridgehead atoms. The van der Waals surface area contributed by atoms with Crippen molar-refractivity contribution in [3.05, 3.63) is 0 Å². The summed E-state index contributed by atoms with van der Waals surface area (Å²) in [6.45, 7) is 8.49. The lowest BCUT2D eigenvalue weighted by Gasteiger charge is -2.46. The Morgan fingerprint density at radius 3 is 2.08 bits per heavy atom. The number of fused-ring (bicyclic) bond motifs is 1. The van der Waals surface area contributed by atoms with Crippen LogP contribution in [0.15, 0.2) is 0 Å². The lowest BCUT2D eigenvalue weighted by molar-refractivity contribution is -0.146. The summed E-state index contributed by atoms with van der Waals surface area (Å²) in [6.07, 6.45) is 12.7. The fourth-order valence-corrected chi connectivity index (χ4v) is 12.7. The SMILES string of the molecule is CCC[C@H](NC(=O)[C@@H]1[C@@H]2[C@H](CN1C(=O)[C@@H](NC(=O)NC1(C3CCCCS3(=O)=O)CCCCC1)C1(C)CCCCC1)C2(C)C)C(=O)C(=O)NC1CC1. The van der Waals surface area contributed by atoms with Crippen LogP contribution < -0.4 is 21.3 Å². The second-order valence-corrected chi connectivity index (χ2v) is 20.0. The van der Waals surface area contributed by atoms with Crippen molar-refractivity contribution in [3.8, 4) is 0 Å². The number of urea groups is 1. The minimum absolute atomic E-state index is 0.0123. The van der Waals surface area contributed by atoms with Gasteiger partial charge in [-0.2, -0.15) is 0 Å². The first-order valence-electron chi connectivity index (χ1n) is 19.9. The smallest absolute Gasteiger partial charge is 0.315 e. The first-order chi connectivity index (χ1) is 24.1. The summed E-state index contributed by atoms with van der Waals surface area (Å²) in [5, 5.41) is 11.3. The Bertz CT molecular complexity index is 1480. The van der Waals surface area contributed by atoms with E-state index >= 15 is 0 Å². The molecule has 0 spiro atoms. The summed E-state index contributed by atoms with van der Waals surface area (Å²) in [6, 6.07) is -3.26. The average molecular weight is 732 g/mol. The molecule has 6 fully saturated rings. The number of nitrogens with one attached hydrogen (secondary N) is 4. The Morgan fingerprint density at radius 2 is 1.47 bits per heavy atom. The number of hydrogen-bond donors (Lipinski definition) is 4. The van der Waals surface area contributed by atoms with Crippen molar-refractivity contribution in [2.45, 2.75) is 172 Å². The number of likely N-dealkylation sites (tertiary alicyclic amines) is 1. The molecule has 4 saturated carbocycles. The summed E-state index contributed by atoms with van der Waals surface area (Å²) >= 11 is 0. The summed E-state index contributed by atoms with van der Waals surface area (Å²) < 4.78 is 26.8. The van der Waals surface area contributed by atoms with Gasteiger partial charge in [0.25, 0.3) is 5.91 Å². The summed E-state index contributed by atoms with van der Waals surface area (Å²) in [5.74, 6) is -1.99. The molecule has 2 heterocycles. The van der Waals surface area contributed by atoms with Gasteiger partial charge in [0.05, 0.1) is 22.6 Å².